The van der Waals surface area contributed by atoms with E-state index in [1.807, 2.05) is 25.1 Å². The lowest BCUT2D eigenvalue weighted by Crippen LogP contribution is -2.16. The highest BCUT2D eigenvalue weighted by Gasteiger charge is 2.23. The number of aryl methyl sites for hydroxylation is 1. The highest BCUT2D eigenvalue weighted by molar-refractivity contribution is 7.20. The highest BCUT2D eigenvalue weighted by atomic mass is 35.5. The van der Waals surface area contributed by atoms with Gasteiger partial charge in [0.1, 0.15) is 5.75 Å². The topological polar surface area (TPSA) is 68.5 Å². The van der Waals surface area contributed by atoms with E-state index in [0.29, 0.717) is 21.7 Å². The van der Waals surface area contributed by atoms with Gasteiger partial charge in [0, 0.05) is 17.3 Å². The van der Waals surface area contributed by atoms with Crippen LogP contribution in [-0.2, 0) is 6.42 Å². The Kier molecular flexibility index (Phi) is 4.35. The average Bonchev–Trinajstić information content (AvgIpc) is 2.90. The fourth-order valence-corrected chi connectivity index (χ4v) is 4.08. The Labute approximate surface area is 153 Å². The van der Waals surface area contributed by atoms with Crippen molar-refractivity contribution in [3.05, 3.63) is 50.9 Å². The van der Waals surface area contributed by atoms with Crippen LogP contribution in [0.25, 0.3) is 4.96 Å². The van der Waals surface area contributed by atoms with Crippen molar-refractivity contribution in [2.45, 2.75) is 32.2 Å². The fraction of sp³-hybridized carbons (Fsp3) is 0.353. The molecule has 1 aliphatic rings. The lowest BCUT2D eigenvalue weighted by Gasteiger charge is -2.17. The van der Waals surface area contributed by atoms with E-state index in [0.717, 1.165) is 36.3 Å². The van der Waals surface area contributed by atoms with Crippen molar-refractivity contribution in [3.8, 4) is 5.75 Å². The Morgan fingerprint density at radius 3 is 3.20 bits per heavy atom. The number of hydrogen-bond donors (Lipinski definition) is 1. The zero-order valence-corrected chi connectivity index (χ0v) is 15.2. The molecule has 0 amide bonds. The first kappa shape index (κ1) is 16.4. The molecule has 0 radical (unpaired) electrons. The molecule has 0 fully saturated rings. The maximum absolute atomic E-state index is 12.2. The minimum atomic E-state index is -0.154. The van der Waals surface area contributed by atoms with Gasteiger partial charge in [0.15, 0.2) is 0 Å². The molecule has 2 aromatic heterocycles. The van der Waals surface area contributed by atoms with Gasteiger partial charge in [-0.1, -0.05) is 42.0 Å². The first-order valence-corrected chi connectivity index (χ1v) is 9.42. The van der Waals surface area contributed by atoms with Crippen LogP contribution in [0.15, 0.2) is 29.1 Å². The maximum atomic E-state index is 12.2. The number of benzene rings is 1. The third-order valence-electron chi connectivity index (χ3n) is 4.21. The zero-order valence-electron chi connectivity index (χ0n) is 13.7. The van der Waals surface area contributed by atoms with E-state index in [9.17, 15) is 4.79 Å². The van der Waals surface area contributed by atoms with E-state index in [4.69, 9.17) is 16.3 Å². The highest BCUT2D eigenvalue weighted by Crippen LogP contribution is 2.38. The molecular weight excluding hydrogens is 360 g/mol. The van der Waals surface area contributed by atoms with Gasteiger partial charge < -0.3 is 10.1 Å². The van der Waals surface area contributed by atoms with E-state index in [1.165, 1.54) is 21.9 Å². The van der Waals surface area contributed by atoms with Crippen molar-refractivity contribution >= 4 is 33.0 Å². The minimum Gasteiger partial charge on any atom is -0.492 e. The molecule has 1 unspecified atom stereocenters. The van der Waals surface area contributed by atoms with Gasteiger partial charge in [0.05, 0.1) is 17.7 Å². The quantitative estimate of drug-likeness (QED) is 0.755. The molecule has 8 heteroatoms. The Bertz CT molecular complexity index is 984. The van der Waals surface area contributed by atoms with E-state index in [2.05, 4.69) is 15.4 Å². The summed E-state index contributed by atoms with van der Waals surface area (Å²) >= 11 is 7.66. The number of para-hydroxylation sites is 1. The van der Waals surface area contributed by atoms with Crippen molar-refractivity contribution in [2.75, 3.05) is 11.9 Å². The predicted octanol–water partition coefficient (Wildman–Crippen LogP) is 3.69. The maximum Gasteiger partial charge on any atom is 0.275 e. The molecular formula is C17H17ClN4O2S. The standard InChI is InChI=1S/C17H17ClN4O2S/c1-2-10-9-14(23)22-17(19-10)25-16(21-22)20-13-7-4-8-24-15-11(13)5-3-6-12(15)18/h3,5-6,9,13H,2,4,7-8H2,1H3,(H,20,21). The molecule has 1 atom stereocenters. The summed E-state index contributed by atoms with van der Waals surface area (Å²) in [5.74, 6) is 0.726. The first-order valence-electron chi connectivity index (χ1n) is 8.23. The van der Waals surface area contributed by atoms with Crippen LogP contribution >= 0.6 is 22.9 Å². The number of aromatic nitrogens is 3. The van der Waals surface area contributed by atoms with Crippen LogP contribution in [0.2, 0.25) is 5.02 Å². The lowest BCUT2D eigenvalue weighted by molar-refractivity contribution is 0.316. The average molecular weight is 377 g/mol. The van der Waals surface area contributed by atoms with Crippen LogP contribution in [-0.4, -0.2) is 21.2 Å². The molecule has 4 rings (SSSR count). The smallest absolute Gasteiger partial charge is 0.275 e. The van der Waals surface area contributed by atoms with Crippen LogP contribution < -0.4 is 15.6 Å². The summed E-state index contributed by atoms with van der Waals surface area (Å²) in [5, 5.41) is 9.09. The van der Waals surface area contributed by atoms with E-state index >= 15 is 0 Å². The summed E-state index contributed by atoms with van der Waals surface area (Å²) in [6.07, 6.45) is 2.52. The first-order chi connectivity index (χ1) is 12.2. The van der Waals surface area contributed by atoms with Crippen LogP contribution in [0.3, 0.4) is 0 Å². The Hall–Kier alpha value is -2.12. The third kappa shape index (κ3) is 3.09. The number of fused-ring (bicyclic) bond motifs is 2. The van der Waals surface area contributed by atoms with Crippen molar-refractivity contribution in [1.29, 1.82) is 0 Å². The molecule has 3 heterocycles. The van der Waals surface area contributed by atoms with Crippen molar-refractivity contribution < 1.29 is 4.74 Å². The van der Waals surface area contributed by atoms with Gasteiger partial charge in [-0.3, -0.25) is 4.79 Å². The minimum absolute atomic E-state index is 0.0260. The number of hydrogen-bond acceptors (Lipinski definition) is 6. The molecule has 0 bridgehead atoms. The van der Waals surface area contributed by atoms with E-state index < -0.39 is 0 Å². The Balaban J connectivity index is 1.71. The van der Waals surface area contributed by atoms with E-state index in [-0.39, 0.29) is 11.6 Å². The molecule has 6 nitrogen and oxygen atoms in total. The number of rotatable bonds is 3. The Morgan fingerprint density at radius 1 is 1.48 bits per heavy atom. The number of ether oxygens (including phenoxy) is 1. The fourth-order valence-electron chi connectivity index (χ4n) is 2.96. The molecule has 3 aromatic rings. The third-order valence-corrected chi connectivity index (χ3v) is 5.35. The van der Waals surface area contributed by atoms with Crippen LogP contribution in [0.4, 0.5) is 5.13 Å². The van der Waals surface area contributed by atoms with Crippen molar-refractivity contribution in [1.82, 2.24) is 14.6 Å². The van der Waals surface area contributed by atoms with Crippen LogP contribution in [0.5, 0.6) is 5.75 Å². The summed E-state index contributed by atoms with van der Waals surface area (Å²) in [5.41, 5.74) is 1.64. The van der Waals surface area contributed by atoms with Crippen molar-refractivity contribution in [3.63, 3.8) is 0 Å². The van der Waals surface area contributed by atoms with Gasteiger partial charge >= 0.3 is 0 Å². The summed E-state index contributed by atoms with van der Waals surface area (Å²) < 4.78 is 7.14. The predicted molar refractivity (Wildman–Crippen MR) is 99.1 cm³/mol. The SMILES string of the molecule is CCc1cc(=O)n2nc(NC3CCCOc4c(Cl)cccc43)sc2n1. The number of anilines is 1. The molecule has 0 saturated carbocycles. The normalized spacial score (nSPS) is 17.0. The number of nitrogens with zero attached hydrogens (tertiary/aromatic N) is 3. The van der Waals surface area contributed by atoms with E-state index in [1.54, 1.807) is 0 Å². The summed E-state index contributed by atoms with van der Waals surface area (Å²) in [6.45, 7) is 2.61. The van der Waals surface area contributed by atoms with Gasteiger partial charge in [0.25, 0.3) is 5.56 Å². The molecule has 0 aliphatic carbocycles. The van der Waals surface area contributed by atoms with Gasteiger partial charge in [-0.15, -0.1) is 5.10 Å². The zero-order chi connectivity index (χ0) is 17.4. The van der Waals surface area contributed by atoms with Gasteiger partial charge in [-0.2, -0.15) is 4.52 Å². The molecule has 130 valence electrons. The summed E-state index contributed by atoms with van der Waals surface area (Å²) in [7, 11) is 0. The monoisotopic (exact) mass is 376 g/mol. The second kappa shape index (κ2) is 6.65. The number of halogens is 1. The summed E-state index contributed by atoms with van der Waals surface area (Å²) in [4.78, 5) is 17.2. The molecule has 1 N–H and O–H groups in total. The second-order valence-electron chi connectivity index (χ2n) is 5.89. The largest absolute Gasteiger partial charge is 0.492 e. The van der Waals surface area contributed by atoms with Gasteiger partial charge in [-0.25, -0.2) is 4.98 Å². The van der Waals surface area contributed by atoms with Crippen LogP contribution in [0.1, 0.15) is 37.1 Å². The van der Waals surface area contributed by atoms with Crippen LogP contribution in [0, 0.1) is 0 Å². The molecule has 1 aromatic carbocycles. The van der Waals surface area contributed by atoms with Gasteiger partial charge in [-0.05, 0) is 25.3 Å². The molecule has 1 aliphatic heterocycles. The summed E-state index contributed by atoms with van der Waals surface area (Å²) in [6, 6.07) is 7.32. The molecule has 0 spiro atoms. The Morgan fingerprint density at radius 2 is 2.36 bits per heavy atom. The van der Waals surface area contributed by atoms with Gasteiger partial charge in [0.2, 0.25) is 10.1 Å². The second-order valence-corrected chi connectivity index (χ2v) is 7.25. The molecule has 0 saturated heterocycles. The lowest BCUT2D eigenvalue weighted by atomic mass is 10.0. The molecule has 25 heavy (non-hydrogen) atoms. The van der Waals surface area contributed by atoms with Crippen molar-refractivity contribution in [2.24, 2.45) is 0 Å². The number of nitrogens with one attached hydrogen (secondary N) is 1.